The fourth-order valence-corrected chi connectivity index (χ4v) is 3.16. The number of carbonyl (C=O) groups excluding carboxylic acids is 1. The SMILES string of the molecule is O=C(c1ccc2[nH]ncc2n1)N1CCCC(Nc2ccccc2)C1. The third kappa shape index (κ3) is 2.95. The zero-order valence-electron chi connectivity index (χ0n) is 13.3. The van der Waals surface area contributed by atoms with Crippen molar-refractivity contribution in [3.8, 4) is 0 Å². The molecule has 122 valence electrons. The number of nitrogens with one attached hydrogen (secondary N) is 2. The molecule has 2 N–H and O–H groups in total. The summed E-state index contributed by atoms with van der Waals surface area (Å²) < 4.78 is 0. The van der Waals surface area contributed by atoms with Gasteiger partial charge in [-0.15, -0.1) is 0 Å². The zero-order chi connectivity index (χ0) is 16.4. The maximum absolute atomic E-state index is 12.8. The summed E-state index contributed by atoms with van der Waals surface area (Å²) in [6.07, 6.45) is 3.69. The minimum absolute atomic E-state index is 0.0161. The number of fused-ring (bicyclic) bond motifs is 1. The van der Waals surface area contributed by atoms with E-state index in [0.29, 0.717) is 12.2 Å². The second kappa shape index (κ2) is 6.31. The van der Waals surface area contributed by atoms with Crippen molar-refractivity contribution in [1.29, 1.82) is 0 Å². The first-order valence-corrected chi connectivity index (χ1v) is 8.20. The first-order valence-electron chi connectivity index (χ1n) is 8.20. The van der Waals surface area contributed by atoms with Crippen molar-refractivity contribution in [2.24, 2.45) is 0 Å². The van der Waals surface area contributed by atoms with Crippen molar-refractivity contribution < 1.29 is 4.79 Å². The van der Waals surface area contributed by atoms with Gasteiger partial charge in [0.1, 0.15) is 11.2 Å². The molecule has 1 atom stereocenters. The number of aromatic nitrogens is 3. The summed E-state index contributed by atoms with van der Waals surface area (Å²) in [5.74, 6) is -0.0161. The molecule has 3 heterocycles. The number of aromatic amines is 1. The molecular weight excluding hydrogens is 302 g/mol. The number of likely N-dealkylation sites (tertiary alicyclic amines) is 1. The van der Waals surface area contributed by atoms with Gasteiger partial charge in [-0.2, -0.15) is 5.10 Å². The monoisotopic (exact) mass is 321 g/mol. The van der Waals surface area contributed by atoms with Crippen LogP contribution in [0.3, 0.4) is 0 Å². The van der Waals surface area contributed by atoms with Gasteiger partial charge in [0.25, 0.3) is 5.91 Å². The number of piperidine rings is 1. The van der Waals surface area contributed by atoms with Crippen LogP contribution < -0.4 is 5.32 Å². The van der Waals surface area contributed by atoms with Crippen molar-refractivity contribution in [3.05, 3.63) is 54.4 Å². The first kappa shape index (κ1) is 14.7. The number of nitrogens with zero attached hydrogens (tertiary/aromatic N) is 3. The number of hydrogen-bond donors (Lipinski definition) is 2. The Balaban J connectivity index is 1.47. The molecule has 24 heavy (non-hydrogen) atoms. The summed E-state index contributed by atoms with van der Waals surface area (Å²) in [6, 6.07) is 14.0. The van der Waals surface area contributed by atoms with Crippen LogP contribution in [0.2, 0.25) is 0 Å². The van der Waals surface area contributed by atoms with Gasteiger partial charge in [0.15, 0.2) is 0 Å². The summed E-state index contributed by atoms with van der Waals surface area (Å²) in [5, 5.41) is 10.3. The highest BCUT2D eigenvalue weighted by Crippen LogP contribution is 2.18. The molecule has 1 aliphatic heterocycles. The van der Waals surface area contributed by atoms with Crippen molar-refractivity contribution >= 4 is 22.6 Å². The van der Waals surface area contributed by atoms with Crippen LogP contribution in [-0.2, 0) is 0 Å². The number of para-hydroxylation sites is 1. The smallest absolute Gasteiger partial charge is 0.272 e. The van der Waals surface area contributed by atoms with Gasteiger partial charge in [0.2, 0.25) is 0 Å². The van der Waals surface area contributed by atoms with Gasteiger partial charge in [-0.1, -0.05) is 18.2 Å². The van der Waals surface area contributed by atoms with Gasteiger partial charge in [-0.05, 0) is 37.1 Å². The number of benzene rings is 1. The molecular formula is C18H19N5O. The fraction of sp³-hybridized carbons (Fsp3) is 0.278. The maximum Gasteiger partial charge on any atom is 0.272 e. The second-order valence-corrected chi connectivity index (χ2v) is 6.10. The van der Waals surface area contributed by atoms with E-state index in [4.69, 9.17) is 0 Å². The molecule has 1 aromatic carbocycles. The standard InChI is InChI=1S/C18H19N5O/c24-18(16-9-8-15-17(21-16)11-19-22-15)23-10-4-7-14(12-23)20-13-5-2-1-3-6-13/h1-3,5-6,8-9,11,14,20H,4,7,10,12H2,(H,19,22). The molecule has 0 saturated carbocycles. The predicted octanol–water partition coefficient (Wildman–Crippen LogP) is 2.67. The van der Waals surface area contributed by atoms with Crippen LogP contribution >= 0.6 is 0 Å². The number of carbonyl (C=O) groups is 1. The van der Waals surface area contributed by atoms with E-state index in [1.807, 2.05) is 29.2 Å². The van der Waals surface area contributed by atoms with E-state index >= 15 is 0 Å². The molecule has 0 radical (unpaired) electrons. The lowest BCUT2D eigenvalue weighted by Gasteiger charge is -2.33. The van der Waals surface area contributed by atoms with Gasteiger partial charge in [0.05, 0.1) is 11.7 Å². The van der Waals surface area contributed by atoms with Gasteiger partial charge in [-0.25, -0.2) is 4.98 Å². The van der Waals surface area contributed by atoms with E-state index in [9.17, 15) is 4.79 Å². The van der Waals surface area contributed by atoms with Crippen LogP contribution in [0, 0.1) is 0 Å². The molecule has 2 aromatic heterocycles. The lowest BCUT2D eigenvalue weighted by atomic mass is 10.0. The quantitative estimate of drug-likeness (QED) is 0.778. The number of H-pyrrole nitrogens is 1. The van der Waals surface area contributed by atoms with Gasteiger partial charge < -0.3 is 10.2 Å². The second-order valence-electron chi connectivity index (χ2n) is 6.10. The van der Waals surface area contributed by atoms with Crippen molar-refractivity contribution in [2.45, 2.75) is 18.9 Å². The lowest BCUT2D eigenvalue weighted by Crippen LogP contribution is -2.45. The average molecular weight is 321 g/mol. The molecule has 1 unspecified atom stereocenters. The number of amides is 1. The molecule has 3 aromatic rings. The molecule has 6 heteroatoms. The Kier molecular flexibility index (Phi) is 3.86. The number of rotatable bonds is 3. The Labute approximate surface area is 139 Å². The summed E-state index contributed by atoms with van der Waals surface area (Å²) >= 11 is 0. The third-order valence-electron chi connectivity index (χ3n) is 4.37. The molecule has 4 rings (SSSR count). The van der Waals surface area contributed by atoms with Crippen molar-refractivity contribution in [2.75, 3.05) is 18.4 Å². The Morgan fingerprint density at radius 1 is 1.21 bits per heavy atom. The molecule has 0 spiro atoms. The largest absolute Gasteiger partial charge is 0.381 e. The Morgan fingerprint density at radius 2 is 2.08 bits per heavy atom. The fourth-order valence-electron chi connectivity index (χ4n) is 3.16. The molecule has 1 aliphatic rings. The van der Waals surface area contributed by atoms with Crippen LogP contribution in [0.1, 0.15) is 23.3 Å². The third-order valence-corrected chi connectivity index (χ3v) is 4.37. The minimum Gasteiger partial charge on any atom is -0.381 e. The molecule has 1 fully saturated rings. The van der Waals surface area contributed by atoms with E-state index in [2.05, 4.69) is 32.6 Å². The normalized spacial score (nSPS) is 17.8. The lowest BCUT2D eigenvalue weighted by molar-refractivity contribution is 0.0709. The van der Waals surface area contributed by atoms with Crippen LogP contribution in [0.5, 0.6) is 0 Å². The van der Waals surface area contributed by atoms with E-state index < -0.39 is 0 Å². The van der Waals surface area contributed by atoms with Gasteiger partial charge in [0, 0.05) is 24.8 Å². The molecule has 6 nitrogen and oxygen atoms in total. The zero-order valence-corrected chi connectivity index (χ0v) is 13.3. The summed E-state index contributed by atoms with van der Waals surface area (Å²) in [6.45, 7) is 1.47. The van der Waals surface area contributed by atoms with E-state index in [1.165, 1.54) is 0 Å². The Bertz CT molecular complexity index is 845. The van der Waals surface area contributed by atoms with Crippen molar-refractivity contribution in [3.63, 3.8) is 0 Å². The summed E-state index contributed by atoms with van der Waals surface area (Å²) in [5.41, 5.74) is 3.13. The maximum atomic E-state index is 12.8. The van der Waals surface area contributed by atoms with Crippen LogP contribution in [0.4, 0.5) is 5.69 Å². The molecule has 0 aliphatic carbocycles. The van der Waals surface area contributed by atoms with Gasteiger partial charge in [-0.3, -0.25) is 9.89 Å². The molecule has 1 amide bonds. The van der Waals surface area contributed by atoms with E-state index in [1.54, 1.807) is 12.3 Å². The number of hydrogen-bond acceptors (Lipinski definition) is 4. The van der Waals surface area contributed by atoms with Crippen LogP contribution in [-0.4, -0.2) is 45.1 Å². The number of pyridine rings is 1. The summed E-state index contributed by atoms with van der Waals surface area (Å²) in [4.78, 5) is 19.1. The summed E-state index contributed by atoms with van der Waals surface area (Å²) in [7, 11) is 0. The highest BCUT2D eigenvalue weighted by molar-refractivity contribution is 5.94. The van der Waals surface area contributed by atoms with Crippen molar-refractivity contribution in [1.82, 2.24) is 20.1 Å². The van der Waals surface area contributed by atoms with Crippen LogP contribution in [0.15, 0.2) is 48.7 Å². The molecule has 1 saturated heterocycles. The highest BCUT2D eigenvalue weighted by atomic mass is 16.2. The topological polar surface area (TPSA) is 73.9 Å². The predicted molar refractivity (Wildman–Crippen MR) is 92.9 cm³/mol. The van der Waals surface area contributed by atoms with Gasteiger partial charge >= 0.3 is 0 Å². The number of anilines is 1. The highest BCUT2D eigenvalue weighted by Gasteiger charge is 2.25. The van der Waals surface area contributed by atoms with E-state index in [-0.39, 0.29) is 11.9 Å². The minimum atomic E-state index is -0.0161. The first-order chi connectivity index (χ1) is 11.8. The van der Waals surface area contributed by atoms with E-state index in [0.717, 1.165) is 36.1 Å². The average Bonchev–Trinajstić information content (AvgIpc) is 3.10. The Hall–Kier alpha value is -2.89. The molecule has 0 bridgehead atoms. The Morgan fingerprint density at radius 3 is 2.96 bits per heavy atom. The van der Waals surface area contributed by atoms with Crippen LogP contribution in [0.25, 0.3) is 11.0 Å².